The van der Waals surface area contributed by atoms with Crippen LogP contribution in [0, 0.1) is 0 Å². The van der Waals surface area contributed by atoms with E-state index in [4.69, 9.17) is 5.11 Å². The van der Waals surface area contributed by atoms with Gasteiger partial charge < -0.3 is 10.0 Å². The molecule has 4 heteroatoms. The van der Waals surface area contributed by atoms with Crippen molar-refractivity contribution in [3.05, 3.63) is 11.8 Å². The Kier molecular flexibility index (Phi) is 1.61. The third-order valence-corrected chi connectivity index (χ3v) is 1.42. The maximum atomic E-state index is 12.4. The van der Waals surface area contributed by atoms with Crippen molar-refractivity contribution in [2.45, 2.75) is 6.17 Å². The molecule has 0 amide bonds. The summed E-state index contributed by atoms with van der Waals surface area (Å²) in [6, 6.07) is 0. The Morgan fingerprint density at radius 3 is 2.80 bits per heavy atom. The first-order chi connectivity index (χ1) is 4.61. The molecular formula is C6H8FNO2. The topological polar surface area (TPSA) is 40.5 Å². The minimum absolute atomic E-state index is 0.0486. The maximum absolute atomic E-state index is 12.4. The molecule has 0 aromatic heterocycles. The molecule has 0 radical (unpaired) electrons. The highest BCUT2D eigenvalue weighted by Crippen LogP contribution is 2.14. The lowest BCUT2D eigenvalue weighted by Gasteiger charge is -2.11. The van der Waals surface area contributed by atoms with Crippen molar-refractivity contribution in [1.29, 1.82) is 0 Å². The van der Waals surface area contributed by atoms with Crippen LogP contribution in [-0.2, 0) is 4.79 Å². The van der Waals surface area contributed by atoms with E-state index in [1.807, 2.05) is 0 Å². The van der Waals surface area contributed by atoms with Gasteiger partial charge in [0.25, 0.3) is 0 Å². The molecular weight excluding hydrogens is 137 g/mol. The highest BCUT2D eigenvalue weighted by molar-refractivity contribution is 5.86. The first-order valence-corrected chi connectivity index (χ1v) is 2.91. The van der Waals surface area contributed by atoms with Crippen LogP contribution in [0.4, 0.5) is 4.39 Å². The van der Waals surface area contributed by atoms with Crippen molar-refractivity contribution in [3.8, 4) is 0 Å². The molecule has 1 heterocycles. The summed E-state index contributed by atoms with van der Waals surface area (Å²) >= 11 is 0. The summed E-state index contributed by atoms with van der Waals surface area (Å²) in [4.78, 5) is 11.7. The number of hydrogen-bond acceptors (Lipinski definition) is 2. The minimum atomic E-state index is -1.13. The van der Waals surface area contributed by atoms with E-state index in [9.17, 15) is 9.18 Å². The molecule has 0 spiro atoms. The smallest absolute Gasteiger partial charge is 0.351 e. The fraction of sp³-hybridized carbons (Fsp3) is 0.500. The lowest BCUT2D eigenvalue weighted by molar-refractivity contribution is -0.134. The lowest BCUT2D eigenvalue weighted by Crippen LogP contribution is -2.21. The zero-order chi connectivity index (χ0) is 7.72. The van der Waals surface area contributed by atoms with Gasteiger partial charge in [0.2, 0.25) is 0 Å². The molecule has 0 aromatic carbocycles. The predicted octanol–water partition coefficient (Wildman–Crippen LogP) is 0.238. The van der Waals surface area contributed by atoms with Crippen LogP contribution < -0.4 is 0 Å². The van der Waals surface area contributed by atoms with Crippen LogP contribution >= 0.6 is 0 Å². The van der Waals surface area contributed by atoms with Gasteiger partial charge in [0.05, 0.1) is 6.54 Å². The number of carbonyl (C=O) groups is 1. The zero-order valence-corrected chi connectivity index (χ0v) is 5.54. The Balaban J connectivity index is 2.75. The Labute approximate surface area is 57.7 Å². The lowest BCUT2D eigenvalue weighted by atomic mass is 10.4. The van der Waals surface area contributed by atoms with Crippen LogP contribution in [0.2, 0.25) is 0 Å². The van der Waals surface area contributed by atoms with Crippen molar-refractivity contribution >= 4 is 5.97 Å². The summed E-state index contributed by atoms with van der Waals surface area (Å²) in [7, 11) is 1.56. The highest BCUT2D eigenvalue weighted by Gasteiger charge is 2.23. The average Bonchev–Trinajstić information content (AvgIpc) is 2.10. The predicted molar refractivity (Wildman–Crippen MR) is 33.2 cm³/mol. The van der Waals surface area contributed by atoms with Gasteiger partial charge in [0, 0.05) is 7.05 Å². The van der Waals surface area contributed by atoms with E-state index >= 15 is 0 Å². The minimum Gasteiger partial charge on any atom is -0.477 e. The fourth-order valence-electron chi connectivity index (χ4n) is 0.946. The maximum Gasteiger partial charge on any atom is 0.351 e. The second-order valence-corrected chi connectivity index (χ2v) is 2.25. The quantitative estimate of drug-likeness (QED) is 0.574. The van der Waals surface area contributed by atoms with E-state index in [0.717, 1.165) is 6.08 Å². The van der Waals surface area contributed by atoms with Crippen molar-refractivity contribution in [2.24, 2.45) is 0 Å². The first kappa shape index (κ1) is 7.05. The van der Waals surface area contributed by atoms with E-state index in [0.29, 0.717) is 0 Å². The highest BCUT2D eigenvalue weighted by atomic mass is 19.1. The molecule has 10 heavy (non-hydrogen) atoms. The number of carboxylic acid groups (broad SMARTS) is 1. The van der Waals surface area contributed by atoms with Gasteiger partial charge in [0.15, 0.2) is 0 Å². The summed E-state index contributed by atoms with van der Waals surface area (Å²) in [5.41, 5.74) is 0.0486. The van der Waals surface area contributed by atoms with Gasteiger partial charge >= 0.3 is 5.97 Å². The second kappa shape index (κ2) is 2.28. The Morgan fingerprint density at radius 1 is 2.00 bits per heavy atom. The third-order valence-electron chi connectivity index (χ3n) is 1.42. The Bertz CT molecular complexity index is 190. The number of likely N-dealkylation sites (N-methyl/N-ethyl adjacent to an activating group) is 1. The van der Waals surface area contributed by atoms with Crippen LogP contribution in [0.5, 0.6) is 0 Å². The fourth-order valence-corrected chi connectivity index (χ4v) is 0.946. The van der Waals surface area contributed by atoms with Crippen LogP contribution in [0.25, 0.3) is 0 Å². The van der Waals surface area contributed by atoms with E-state index in [1.54, 1.807) is 7.05 Å². The normalized spacial score (nSPS) is 24.8. The van der Waals surface area contributed by atoms with Crippen molar-refractivity contribution in [3.63, 3.8) is 0 Å². The van der Waals surface area contributed by atoms with E-state index in [2.05, 4.69) is 0 Å². The Morgan fingerprint density at radius 2 is 2.60 bits per heavy atom. The second-order valence-electron chi connectivity index (χ2n) is 2.25. The number of hydrogen-bond donors (Lipinski definition) is 1. The van der Waals surface area contributed by atoms with E-state index in [-0.39, 0.29) is 12.2 Å². The van der Waals surface area contributed by atoms with Crippen LogP contribution in [-0.4, -0.2) is 35.7 Å². The molecule has 0 saturated heterocycles. The van der Waals surface area contributed by atoms with Gasteiger partial charge in [-0.05, 0) is 6.08 Å². The number of carboxylic acids is 1. The molecule has 1 rings (SSSR count). The summed E-state index contributed by atoms with van der Waals surface area (Å²) in [6.07, 6.45) is -0.0152. The Hall–Kier alpha value is -1.06. The van der Waals surface area contributed by atoms with Crippen LogP contribution in [0.1, 0.15) is 0 Å². The van der Waals surface area contributed by atoms with Crippen LogP contribution in [0.3, 0.4) is 0 Å². The van der Waals surface area contributed by atoms with Crippen molar-refractivity contribution in [2.75, 3.05) is 13.6 Å². The molecule has 0 aliphatic carbocycles. The first-order valence-electron chi connectivity index (χ1n) is 2.91. The number of nitrogens with zero attached hydrogens (tertiary/aromatic N) is 1. The number of rotatable bonds is 1. The summed E-state index contributed by atoms with van der Waals surface area (Å²) in [5.74, 6) is -1.07. The molecule has 0 bridgehead atoms. The largest absolute Gasteiger partial charge is 0.477 e. The van der Waals surface area contributed by atoms with Gasteiger partial charge in [-0.2, -0.15) is 0 Å². The number of halogens is 1. The van der Waals surface area contributed by atoms with E-state index in [1.165, 1.54) is 4.90 Å². The third kappa shape index (κ3) is 1.10. The zero-order valence-electron chi connectivity index (χ0n) is 5.54. The molecule has 1 aliphatic rings. The molecule has 1 N–H and O–H groups in total. The molecule has 0 fully saturated rings. The van der Waals surface area contributed by atoms with Gasteiger partial charge in [0.1, 0.15) is 11.9 Å². The van der Waals surface area contributed by atoms with Gasteiger partial charge in [-0.15, -0.1) is 0 Å². The molecule has 0 aromatic rings. The summed E-state index contributed by atoms with van der Waals surface area (Å²) < 4.78 is 12.4. The SMILES string of the molecule is CN1C[C@H](F)C=C1C(=O)O. The molecule has 1 aliphatic heterocycles. The molecule has 0 saturated carbocycles. The van der Waals surface area contributed by atoms with Crippen LogP contribution in [0.15, 0.2) is 11.8 Å². The molecule has 56 valence electrons. The van der Waals surface area contributed by atoms with Crippen molar-refractivity contribution in [1.82, 2.24) is 4.90 Å². The number of aliphatic carboxylic acids is 1. The monoisotopic (exact) mass is 145 g/mol. The standard InChI is InChI=1S/C6H8FNO2/c1-8-3-4(7)2-5(8)6(9)10/h2,4H,3H2,1H3,(H,9,10)/t4-/m1/s1. The summed E-state index contributed by atoms with van der Waals surface area (Å²) in [5, 5.41) is 8.42. The molecule has 0 unspecified atom stereocenters. The average molecular weight is 145 g/mol. The van der Waals surface area contributed by atoms with Crippen molar-refractivity contribution < 1.29 is 14.3 Å². The van der Waals surface area contributed by atoms with Gasteiger partial charge in [-0.3, -0.25) is 0 Å². The number of alkyl halides is 1. The van der Waals surface area contributed by atoms with Gasteiger partial charge in [-0.1, -0.05) is 0 Å². The molecule has 3 nitrogen and oxygen atoms in total. The summed E-state index contributed by atoms with van der Waals surface area (Å²) in [6.45, 7) is 0.154. The van der Waals surface area contributed by atoms with E-state index < -0.39 is 12.1 Å². The molecule has 1 atom stereocenters. The van der Waals surface area contributed by atoms with Gasteiger partial charge in [-0.25, -0.2) is 9.18 Å².